The lowest BCUT2D eigenvalue weighted by Crippen LogP contribution is -2.36. The number of amides is 1. The molecule has 0 saturated carbocycles. The first kappa shape index (κ1) is 23.3. The van der Waals surface area contributed by atoms with Crippen molar-refractivity contribution in [3.05, 3.63) is 72.2 Å². The van der Waals surface area contributed by atoms with Crippen LogP contribution in [0.2, 0.25) is 0 Å². The van der Waals surface area contributed by atoms with Crippen LogP contribution in [0.1, 0.15) is 22.1 Å². The average Bonchev–Trinajstić information content (AvgIpc) is 3.51. The van der Waals surface area contributed by atoms with E-state index < -0.39 is 0 Å². The van der Waals surface area contributed by atoms with Gasteiger partial charge in [0.25, 0.3) is 5.91 Å². The summed E-state index contributed by atoms with van der Waals surface area (Å²) >= 11 is 1.67. The number of nitrogens with one attached hydrogen (secondary N) is 1. The Morgan fingerprint density at radius 3 is 2.62 bits per heavy atom. The second kappa shape index (κ2) is 9.72. The van der Waals surface area contributed by atoms with Gasteiger partial charge in [-0.05, 0) is 31.2 Å². The van der Waals surface area contributed by atoms with Crippen molar-refractivity contribution in [2.24, 2.45) is 0 Å². The van der Waals surface area contributed by atoms with Crippen LogP contribution in [0.25, 0.3) is 32.0 Å². The molecule has 1 saturated heterocycles. The van der Waals surface area contributed by atoms with Gasteiger partial charge in [0.2, 0.25) is 5.76 Å². The van der Waals surface area contributed by atoms with E-state index in [1.54, 1.807) is 31.4 Å². The maximum atomic E-state index is 12.8. The molecule has 0 bridgehead atoms. The van der Waals surface area contributed by atoms with Gasteiger partial charge in [-0.2, -0.15) is 0 Å². The lowest BCUT2D eigenvalue weighted by Gasteiger charge is -2.28. The van der Waals surface area contributed by atoms with Gasteiger partial charge in [-0.25, -0.2) is 15.0 Å². The van der Waals surface area contributed by atoms with Crippen LogP contribution in [0.3, 0.4) is 0 Å². The van der Waals surface area contributed by atoms with E-state index in [2.05, 4.69) is 26.3 Å². The molecule has 0 atom stereocenters. The van der Waals surface area contributed by atoms with Crippen LogP contribution in [0.15, 0.2) is 59.3 Å². The number of rotatable bonds is 5. The first-order valence-corrected chi connectivity index (χ1v) is 12.8. The standard InChI is InChI=1S/C27H24N6O3S/c1-16-23(36-17(2)29-16)27(34)30-20-7-3-5-18(13-20)25-31-21-14-22(19-6-4-8-28-15-19)37-24(21)26(32-25)33-9-11-35-12-10-33/h3-8,13-15H,9-12H2,1-2H3,(H,30,34). The number of carbonyl (C=O) groups excluding carboxylic acids is 1. The van der Waals surface area contributed by atoms with E-state index in [1.165, 1.54) is 0 Å². The third-order valence-electron chi connectivity index (χ3n) is 6.10. The Morgan fingerprint density at radius 1 is 1.03 bits per heavy atom. The molecule has 1 fully saturated rings. The van der Waals surface area contributed by atoms with E-state index in [9.17, 15) is 4.79 Å². The zero-order chi connectivity index (χ0) is 25.4. The molecule has 1 aliphatic heterocycles. The van der Waals surface area contributed by atoms with Gasteiger partial charge in [-0.3, -0.25) is 9.78 Å². The summed E-state index contributed by atoms with van der Waals surface area (Å²) in [6.45, 7) is 6.30. The van der Waals surface area contributed by atoms with Gasteiger partial charge in [-0.1, -0.05) is 18.2 Å². The number of benzene rings is 1. The lowest BCUT2D eigenvalue weighted by molar-refractivity contribution is 0.0994. The topological polar surface area (TPSA) is 106 Å². The summed E-state index contributed by atoms with van der Waals surface area (Å²) in [5, 5.41) is 2.90. The Labute approximate surface area is 217 Å². The largest absolute Gasteiger partial charge is 0.436 e. The summed E-state index contributed by atoms with van der Waals surface area (Å²) in [7, 11) is 0. The number of hydrogen-bond acceptors (Lipinski definition) is 9. The van der Waals surface area contributed by atoms with Crippen molar-refractivity contribution in [2.75, 3.05) is 36.5 Å². The normalized spacial score (nSPS) is 13.7. The van der Waals surface area contributed by atoms with Gasteiger partial charge in [0, 0.05) is 54.1 Å². The Bertz CT molecular complexity index is 1590. The molecule has 10 heteroatoms. The number of carbonyl (C=O) groups is 1. The first-order valence-electron chi connectivity index (χ1n) is 12.0. The smallest absolute Gasteiger partial charge is 0.293 e. The number of aryl methyl sites for hydroxylation is 2. The summed E-state index contributed by atoms with van der Waals surface area (Å²) in [4.78, 5) is 34.5. The van der Waals surface area contributed by atoms with Crippen LogP contribution in [-0.2, 0) is 4.74 Å². The predicted octanol–water partition coefficient (Wildman–Crippen LogP) is 5.11. The minimum atomic E-state index is -0.348. The minimum absolute atomic E-state index is 0.205. The highest BCUT2D eigenvalue weighted by atomic mass is 32.1. The first-order chi connectivity index (χ1) is 18.0. The van der Waals surface area contributed by atoms with E-state index in [4.69, 9.17) is 19.1 Å². The fourth-order valence-corrected chi connectivity index (χ4v) is 5.45. The molecule has 6 rings (SSSR count). The number of pyridine rings is 1. The highest BCUT2D eigenvalue weighted by molar-refractivity contribution is 7.22. The van der Waals surface area contributed by atoms with Crippen LogP contribution in [0, 0.1) is 13.8 Å². The molecule has 5 aromatic rings. The molecule has 1 aromatic carbocycles. The summed E-state index contributed by atoms with van der Waals surface area (Å²) in [5.41, 5.74) is 3.89. The lowest BCUT2D eigenvalue weighted by atomic mass is 10.1. The van der Waals surface area contributed by atoms with E-state index in [1.807, 2.05) is 42.6 Å². The van der Waals surface area contributed by atoms with Gasteiger partial charge in [0.15, 0.2) is 17.5 Å². The summed E-state index contributed by atoms with van der Waals surface area (Å²) < 4.78 is 12.1. The second-order valence-corrected chi connectivity index (χ2v) is 9.77. The van der Waals surface area contributed by atoms with Gasteiger partial charge in [0.05, 0.1) is 29.1 Å². The SMILES string of the molecule is Cc1nc(C)c(C(=O)Nc2cccc(-c3nc(N4CCOCC4)c4sc(-c5cccnc5)cc4n3)c2)o1. The van der Waals surface area contributed by atoms with Crippen molar-refractivity contribution in [1.82, 2.24) is 19.9 Å². The van der Waals surface area contributed by atoms with E-state index in [0.717, 1.165) is 45.1 Å². The highest BCUT2D eigenvalue weighted by Crippen LogP contribution is 2.38. The molecule has 9 nitrogen and oxygen atoms in total. The zero-order valence-corrected chi connectivity index (χ0v) is 21.2. The number of nitrogens with zero attached hydrogens (tertiary/aromatic N) is 5. The maximum Gasteiger partial charge on any atom is 0.293 e. The zero-order valence-electron chi connectivity index (χ0n) is 20.4. The van der Waals surface area contributed by atoms with Crippen molar-refractivity contribution < 1.29 is 13.9 Å². The fourth-order valence-electron chi connectivity index (χ4n) is 4.35. The van der Waals surface area contributed by atoms with E-state index in [0.29, 0.717) is 36.3 Å². The molecular weight excluding hydrogens is 488 g/mol. The average molecular weight is 513 g/mol. The van der Waals surface area contributed by atoms with Crippen LogP contribution in [0.5, 0.6) is 0 Å². The number of ether oxygens (including phenoxy) is 1. The van der Waals surface area contributed by atoms with Crippen LogP contribution >= 0.6 is 11.3 Å². The number of thiophene rings is 1. The minimum Gasteiger partial charge on any atom is -0.436 e. The van der Waals surface area contributed by atoms with E-state index in [-0.39, 0.29) is 11.7 Å². The van der Waals surface area contributed by atoms with Crippen molar-refractivity contribution in [3.63, 3.8) is 0 Å². The molecule has 0 radical (unpaired) electrons. The Hall–Kier alpha value is -4.15. The van der Waals surface area contributed by atoms with Crippen LogP contribution < -0.4 is 10.2 Å². The maximum absolute atomic E-state index is 12.8. The number of oxazole rings is 1. The molecule has 37 heavy (non-hydrogen) atoms. The summed E-state index contributed by atoms with van der Waals surface area (Å²) in [6.07, 6.45) is 3.63. The third-order valence-corrected chi connectivity index (χ3v) is 7.27. The van der Waals surface area contributed by atoms with Gasteiger partial charge >= 0.3 is 0 Å². The monoisotopic (exact) mass is 512 g/mol. The quantitative estimate of drug-likeness (QED) is 0.346. The highest BCUT2D eigenvalue weighted by Gasteiger charge is 2.21. The van der Waals surface area contributed by atoms with Gasteiger partial charge in [-0.15, -0.1) is 11.3 Å². The van der Waals surface area contributed by atoms with Crippen molar-refractivity contribution in [2.45, 2.75) is 13.8 Å². The number of morpholine rings is 1. The molecule has 186 valence electrons. The number of hydrogen-bond donors (Lipinski definition) is 1. The van der Waals surface area contributed by atoms with E-state index >= 15 is 0 Å². The molecule has 0 unspecified atom stereocenters. The van der Waals surface area contributed by atoms with Gasteiger partial charge < -0.3 is 19.4 Å². The molecule has 5 heterocycles. The summed E-state index contributed by atoms with van der Waals surface area (Å²) in [5.74, 6) is 1.80. The third kappa shape index (κ3) is 4.68. The molecule has 0 spiro atoms. The molecule has 0 aliphatic carbocycles. The second-order valence-electron chi connectivity index (χ2n) is 8.72. The van der Waals surface area contributed by atoms with Crippen LogP contribution in [0.4, 0.5) is 11.5 Å². The predicted molar refractivity (Wildman–Crippen MR) is 143 cm³/mol. The number of anilines is 2. The summed E-state index contributed by atoms with van der Waals surface area (Å²) in [6, 6.07) is 13.6. The fraction of sp³-hybridized carbons (Fsp3) is 0.222. The number of aromatic nitrogens is 4. The van der Waals surface area contributed by atoms with Crippen molar-refractivity contribution >= 4 is 39.0 Å². The van der Waals surface area contributed by atoms with Crippen LogP contribution in [-0.4, -0.2) is 52.1 Å². The Kier molecular flexibility index (Phi) is 6.11. The number of fused-ring (bicyclic) bond motifs is 1. The molecular formula is C27H24N6O3S. The molecule has 1 N–H and O–H groups in total. The Morgan fingerprint density at radius 2 is 1.86 bits per heavy atom. The van der Waals surface area contributed by atoms with Gasteiger partial charge in [0.1, 0.15) is 0 Å². The molecule has 4 aromatic heterocycles. The molecule has 1 aliphatic rings. The Balaban J connectivity index is 1.39. The van der Waals surface area contributed by atoms with Crippen molar-refractivity contribution in [1.29, 1.82) is 0 Å². The van der Waals surface area contributed by atoms with Crippen molar-refractivity contribution in [3.8, 4) is 21.8 Å². The molecule has 1 amide bonds.